The Labute approximate surface area is 99.2 Å². The van der Waals surface area contributed by atoms with Crippen LogP contribution in [0.4, 0.5) is 5.69 Å². The van der Waals surface area contributed by atoms with Gasteiger partial charge < -0.3 is 14.6 Å². The first kappa shape index (κ1) is 9.47. The van der Waals surface area contributed by atoms with Gasteiger partial charge >= 0.3 is 0 Å². The third-order valence-electron chi connectivity index (χ3n) is 2.20. The van der Waals surface area contributed by atoms with Crippen LogP contribution >= 0.6 is 15.9 Å². The van der Waals surface area contributed by atoms with E-state index in [0.717, 1.165) is 5.52 Å². The van der Waals surface area contributed by atoms with Gasteiger partial charge in [-0.05, 0) is 46.3 Å². The van der Waals surface area contributed by atoms with E-state index in [0.29, 0.717) is 27.6 Å². The van der Waals surface area contributed by atoms with Gasteiger partial charge in [0.05, 0.1) is 0 Å². The average Bonchev–Trinajstić information content (AvgIpc) is 2.83. The lowest BCUT2D eigenvalue weighted by Crippen LogP contribution is -1.82. The van der Waals surface area contributed by atoms with Gasteiger partial charge in [-0.1, -0.05) is 0 Å². The Morgan fingerprint density at radius 2 is 2.00 bits per heavy atom. The standard InChI is InChI=1S/C11H7BrN2O2/c12-10-4-3-9(15-10)11-14-7-5-6(13)1-2-8(7)16-11/h1-5H,13H2. The van der Waals surface area contributed by atoms with Crippen molar-refractivity contribution in [1.29, 1.82) is 0 Å². The summed E-state index contributed by atoms with van der Waals surface area (Å²) >= 11 is 3.23. The molecule has 3 rings (SSSR count). The molecule has 0 spiro atoms. The number of nitrogens with zero attached hydrogens (tertiary/aromatic N) is 1. The van der Waals surface area contributed by atoms with Crippen LogP contribution < -0.4 is 5.73 Å². The molecule has 2 N–H and O–H groups in total. The van der Waals surface area contributed by atoms with Gasteiger partial charge in [-0.15, -0.1) is 0 Å². The van der Waals surface area contributed by atoms with Crippen LogP contribution in [0.1, 0.15) is 0 Å². The number of hydrogen-bond acceptors (Lipinski definition) is 4. The van der Waals surface area contributed by atoms with E-state index < -0.39 is 0 Å². The summed E-state index contributed by atoms with van der Waals surface area (Å²) in [5, 5.41) is 0. The zero-order valence-electron chi connectivity index (χ0n) is 8.11. The van der Waals surface area contributed by atoms with E-state index in [1.54, 1.807) is 30.3 Å². The van der Waals surface area contributed by atoms with Crippen molar-refractivity contribution < 1.29 is 8.83 Å². The molecule has 0 unspecified atom stereocenters. The molecule has 0 radical (unpaired) electrons. The number of oxazole rings is 1. The van der Waals surface area contributed by atoms with Crippen molar-refractivity contribution in [2.75, 3.05) is 5.73 Å². The van der Waals surface area contributed by atoms with Crippen LogP contribution in [-0.2, 0) is 0 Å². The normalized spacial score (nSPS) is 11.1. The molecule has 0 fully saturated rings. The molecule has 80 valence electrons. The summed E-state index contributed by atoms with van der Waals surface area (Å²) in [6.07, 6.45) is 0. The van der Waals surface area contributed by atoms with Crippen molar-refractivity contribution >= 4 is 32.7 Å². The van der Waals surface area contributed by atoms with Crippen LogP contribution in [0.5, 0.6) is 0 Å². The zero-order chi connectivity index (χ0) is 11.1. The monoisotopic (exact) mass is 278 g/mol. The zero-order valence-corrected chi connectivity index (χ0v) is 9.69. The molecule has 4 nitrogen and oxygen atoms in total. The second-order valence-electron chi connectivity index (χ2n) is 3.35. The third kappa shape index (κ3) is 1.49. The third-order valence-corrected chi connectivity index (χ3v) is 2.62. The molecule has 5 heteroatoms. The van der Waals surface area contributed by atoms with E-state index in [2.05, 4.69) is 20.9 Å². The van der Waals surface area contributed by atoms with Crippen molar-refractivity contribution in [3.63, 3.8) is 0 Å². The number of hydrogen-bond donors (Lipinski definition) is 1. The van der Waals surface area contributed by atoms with Crippen molar-refractivity contribution in [1.82, 2.24) is 4.98 Å². The SMILES string of the molecule is Nc1ccc2oc(-c3ccc(Br)o3)nc2c1. The number of benzene rings is 1. The summed E-state index contributed by atoms with van der Waals surface area (Å²) < 4.78 is 11.5. The highest BCUT2D eigenvalue weighted by molar-refractivity contribution is 9.10. The van der Waals surface area contributed by atoms with Crippen LogP contribution in [-0.4, -0.2) is 4.98 Å². The molecule has 0 saturated carbocycles. The van der Waals surface area contributed by atoms with Crippen LogP contribution in [0.25, 0.3) is 22.8 Å². The maximum Gasteiger partial charge on any atom is 0.263 e. The molecular formula is C11H7BrN2O2. The van der Waals surface area contributed by atoms with Crippen LogP contribution in [0.15, 0.2) is 43.8 Å². The lowest BCUT2D eigenvalue weighted by molar-refractivity contribution is 0.518. The molecular weight excluding hydrogens is 272 g/mol. The number of anilines is 1. The highest BCUT2D eigenvalue weighted by Crippen LogP contribution is 2.28. The van der Waals surface area contributed by atoms with Gasteiger partial charge in [0.2, 0.25) is 0 Å². The first-order valence-electron chi connectivity index (χ1n) is 4.64. The number of fused-ring (bicyclic) bond motifs is 1. The second-order valence-corrected chi connectivity index (χ2v) is 4.13. The van der Waals surface area contributed by atoms with Gasteiger partial charge in [0.25, 0.3) is 5.89 Å². The first-order chi connectivity index (χ1) is 7.72. The Kier molecular flexibility index (Phi) is 2.00. The minimum Gasteiger partial charge on any atom is -0.444 e. The van der Waals surface area contributed by atoms with E-state index in [-0.39, 0.29) is 0 Å². The van der Waals surface area contributed by atoms with Crippen molar-refractivity contribution in [3.05, 3.63) is 35.0 Å². The highest BCUT2D eigenvalue weighted by Gasteiger charge is 2.11. The smallest absolute Gasteiger partial charge is 0.263 e. The molecule has 0 aliphatic carbocycles. The van der Waals surface area contributed by atoms with Crippen LogP contribution in [0.3, 0.4) is 0 Å². The molecule has 2 aromatic heterocycles. The number of furan rings is 1. The van der Waals surface area contributed by atoms with E-state index in [1.807, 2.05) is 0 Å². The fourth-order valence-corrected chi connectivity index (χ4v) is 1.79. The average molecular weight is 279 g/mol. The lowest BCUT2D eigenvalue weighted by Gasteiger charge is -1.88. The lowest BCUT2D eigenvalue weighted by atomic mass is 10.3. The summed E-state index contributed by atoms with van der Waals surface area (Å²) in [5.41, 5.74) is 7.74. The van der Waals surface area contributed by atoms with Crippen molar-refractivity contribution in [2.24, 2.45) is 0 Å². The van der Waals surface area contributed by atoms with E-state index in [9.17, 15) is 0 Å². The van der Waals surface area contributed by atoms with Gasteiger partial charge in [-0.3, -0.25) is 0 Å². The summed E-state index contributed by atoms with van der Waals surface area (Å²) in [6.45, 7) is 0. The molecule has 3 aromatic rings. The van der Waals surface area contributed by atoms with E-state index in [4.69, 9.17) is 14.6 Å². The Bertz CT molecular complexity index is 657. The number of halogens is 1. The molecule has 0 bridgehead atoms. The molecule has 0 atom stereocenters. The van der Waals surface area contributed by atoms with Crippen molar-refractivity contribution in [2.45, 2.75) is 0 Å². The summed E-state index contributed by atoms with van der Waals surface area (Å²) in [5.74, 6) is 1.04. The molecule has 0 aliphatic heterocycles. The number of rotatable bonds is 1. The predicted octanol–water partition coefficient (Wildman–Crippen LogP) is 3.43. The summed E-state index contributed by atoms with van der Waals surface area (Å²) in [7, 11) is 0. The Balaban J connectivity index is 2.18. The topological polar surface area (TPSA) is 65.2 Å². The number of nitrogen functional groups attached to an aromatic ring is 1. The quantitative estimate of drug-likeness (QED) is 0.693. The molecule has 16 heavy (non-hydrogen) atoms. The Morgan fingerprint density at radius 1 is 1.12 bits per heavy atom. The maximum atomic E-state index is 5.66. The fourth-order valence-electron chi connectivity index (χ4n) is 1.48. The first-order valence-corrected chi connectivity index (χ1v) is 5.43. The van der Waals surface area contributed by atoms with Gasteiger partial charge in [0.15, 0.2) is 16.0 Å². The second kappa shape index (κ2) is 3.38. The summed E-state index contributed by atoms with van der Waals surface area (Å²) in [6, 6.07) is 8.91. The van der Waals surface area contributed by atoms with E-state index >= 15 is 0 Å². The van der Waals surface area contributed by atoms with Crippen molar-refractivity contribution in [3.8, 4) is 11.7 Å². The molecule has 1 aromatic carbocycles. The number of nitrogens with two attached hydrogens (primary N) is 1. The highest BCUT2D eigenvalue weighted by atomic mass is 79.9. The Hall–Kier alpha value is -1.75. The largest absolute Gasteiger partial charge is 0.444 e. The number of aromatic nitrogens is 1. The molecule has 0 saturated heterocycles. The Morgan fingerprint density at radius 3 is 2.75 bits per heavy atom. The fraction of sp³-hybridized carbons (Fsp3) is 0. The minimum absolute atomic E-state index is 0.450. The van der Waals surface area contributed by atoms with Gasteiger partial charge in [0.1, 0.15) is 5.52 Å². The van der Waals surface area contributed by atoms with Gasteiger partial charge in [0, 0.05) is 5.69 Å². The predicted molar refractivity (Wildman–Crippen MR) is 63.8 cm³/mol. The molecule has 0 aliphatic rings. The summed E-state index contributed by atoms with van der Waals surface area (Å²) in [4.78, 5) is 4.30. The van der Waals surface area contributed by atoms with E-state index in [1.165, 1.54) is 0 Å². The maximum absolute atomic E-state index is 5.66. The molecule has 2 heterocycles. The van der Waals surface area contributed by atoms with Crippen LogP contribution in [0, 0.1) is 0 Å². The molecule has 0 amide bonds. The van der Waals surface area contributed by atoms with Gasteiger partial charge in [-0.2, -0.15) is 0 Å². The van der Waals surface area contributed by atoms with Gasteiger partial charge in [-0.25, -0.2) is 4.98 Å². The van der Waals surface area contributed by atoms with Crippen LogP contribution in [0.2, 0.25) is 0 Å². The minimum atomic E-state index is 0.450.